The van der Waals surface area contributed by atoms with Crippen LogP contribution >= 0.6 is 0 Å². The zero-order valence-corrected chi connectivity index (χ0v) is 16.9. The molecule has 4 heteroatoms. The van der Waals surface area contributed by atoms with Crippen molar-refractivity contribution < 1.29 is 13.2 Å². The molecule has 0 amide bonds. The molecule has 3 aromatic carbocycles. The van der Waals surface area contributed by atoms with Crippen LogP contribution < -0.4 is 0 Å². The molecule has 4 rings (SSSR count). The Morgan fingerprint density at radius 3 is 2.37 bits per heavy atom. The first-order chi connectivity index (χ1) is 14.5. The van der Waals surface area contributed by atoms with Crippen molar-refractivity contribution in [3.63, 3.8) is 0 Å². The first-order valence-electron chi connectivity index (χ1n) is 10.4. The fourth-order valence-corrected chi connectivity index (χ4v) is 4.24. The summed E-state index contributed by atoms with van der Waals surface area (Å²) in [5, 5.41) is 8.90. The Labute approximate surface area is 174 Å². The Morgan fingerprint density at radius 2 is 1.63 bits per heavy atom. The Balaban J connectivity index is 1.65. The second kappa shape index (κ2) is 8.36. The lowest BCUT2D eigenvalue weighted by Crippen LogP contribution is -2.01. The molecule has 1 aliphatic rings. The highest BCUT2D eigenvalue weighted by atomic mass is 19.1. The van der Waals surface area contributed by atoms with Crippen molar-refractivity contribution in [1.29, 1.82) is 5.26 Å². The average Bonchev–Trinajstić information content (AvgIpc) is 3.11. The molecule has 0 atom stereocenters. The molecule has 0 aliphatic heterocycles. The molecule has 0 saturated carbocycles. The van der Waals surface area contributed by atoms with Gasteiger partial charge in [0, 0.05) is 17.5 Å². The van der Waals surface area contributed by atoms with Crippen molar-refractivity contribution in [1.82, 2.24) is 0 Å². The Kier molecular flexibility index (Phi) is 5.63. The number of unbranched alkanes of at least 4 members (excludes halogenated alkanes) is 3. The van der Waals surface area contributed by atoms with Gasteiger partial charge in [-0.15, -0.1) is 0 Å². The van der Waals surface area contributed by atoms with E-state index in [0.717, 1.165) is 42.4 Å². The van der Waals surface area contributed by atoms with Gasteiger partial charge in [-0.1, -0.05) is 50.5 Å². The molecule has 1 aliphatic carbocycles. The minimum absolute atomic E-state index is 0.00340. The van der Waals surface area contributed by atoms with E-state index in [9.17, 15) is 8.78 Å². The lowest BCUT2D eigenvalue weighted by molar-refractivity contribution is 0.538. The molecule has 0 spiro atoms. The normalized spacial score (nSPS) is 11.8. The fraction of sp³-hybridized carbons (Fsp3) is 0.269. The lowest BCUT2D eigenvalue weighted by atomic mass is 9.97. The first-order valence-corrected chi connectivity index (χ1v) is 10.4. The molecule has 0 heterocycles. The summed E-state index contributed by atoms with van der Waals surface area (Å²) in [5.74, 6) is -1.47. The number of halogens is 3. The molecule has 1 nitrogen and oxygen atoms in total. The van der Waals surface area contributed by atoms with Gasteiger partial charge >= 0.3 is 0 Å². The van der Waals surface area contributed by atoms with Crippen LogP contribution in [0.1, 0.15) is 54.9 Å². The van der Waals surface area contributed by atoms with Crippen molar-refractivity contribution in [2.24, 2.45) is 0 Å². The smallest absolute Gasteiger partial charge is 0.141 e. The fourth-order valence-electron chi connectivity index (χ4n) is 4.24. The van der Waals surface area contributed by atoms with E-state index in [-0.39, 0.29) is 11.1 Å². The van der Waals surface area contributed by atoms with Crippen LogP contribution in [0.25, 0.3) is 22.3 Å². The highest BCUT2D eigenvalue weighted by molar-refractivity contribution is 5.81. The predicted molar refractivity (Wildman–Crippen MR) is 113 cm³/mol. The van der Waals surface area contributed by atoms with Gasteiger partial charge in [0.25, 0.3) is 0 Å². The average molecular weight is 405 g/mol. The topological polar surface area (TPSA) is 23.8 Å². The predicted octanol–water partition coefficient (Wildman–Crippen LogP) is 7.34. The summed E-state index contributed by atoms with van der Waals surface area (Å²) in [6.07, 6.45) is 4.70. The number of nitrogens with zero attached hydrogens (tertiary/aromatic N) is 1. The summed E-state index contributed by atoms with van der Waals surface area (Å²) in [6.45, 7) is 2.11. The first kappa shape index (κ1) is 20.2. The van der Waals surface area contributed by atoms with Gasteiger partial charge in [-0.25, -0.2) is 13.2 Å². The van der Waals surface area contributed by atoms with Crippen LogP contribution in [0.15, 0.2) is 42.5 Å². The molecule has 0 N–H and O–H groups in total. The van der Waals surface area contributed by atoms with Crippen LogP contribution in [-0.2, 0) is 12.8 Å². The van der Waals surface area contributed by atoms with Crippen LogP contribution in [0, 0.1) is 28.8 Å². The number of fused-ring (bicyclic) bond motifs is 3. The van der Waals surface area contributed by atoms with E-state index in [1.54, 1.807) is 6.07 Å². The summed E-state index contributed by atoms with van der Waals surface area (Å²) in [5.41, 5.74) is 4.48. The molecule has 30 heavy (non-hydrogen) atoms. The van der Waals surface area contributed by atoms with Gasteiger partial charge in [-0.2, -0.15) is 5.26 Å². The Hall–Kier alpha value is -3.06. The monoisotopic (exact) mass is 405 g/mol. The van der Waals surface area contributed by atoms with Crippen LogP contribution in [-0.4, -0.2) is 0 Å². The zero-order chi connectivity index (χ0) is 21.3. The summed E-state index contributed by atoms with van der Waals surface area (Å²) in [4.78, 5) is 0. The van der Waals surface area contributed by atoms with Crippen LogP contribution in [0.4, 0.5) is 13.2 Å². The van der Waals surface area contributed by atoms with E-state index in [1.807, 2.05) is 24.3 Å². The van der Waals surface area contributed by atoms with Gasteiger partial charge in [0.1, 0.15) is 23.5 Å². The molecule has 152 valence electrons. The van der Waals surface area contributed by atoms with Crippen molar-refractivity contribution in [3.8, 4) is 28.3 Å². The quantitative estimate of drug-likeness (QED) is 0.308. The van der Waals surface area contributed by atoms with Gasteiger partial charge in [-0.05, 0) is 58.9 Å². The molecule has 0 aromatic heterocycles. The molecular weight excluding hydrogens is 383 g/mol. The van der Waals surface area contributed by atoms with Crippen molar-refractivity contribution in [2.45, 2.75) is 45.4 Å². The minimum Gasteiger partial charge on any atom is -0.207 e. The molecule has 0 bridgehead atoms. The maximum Gasteiger partial charge on any atom is 0.141 e. The van der Waals surface area contributed by atoms with E-state index in [4.69, 9.17) is 5.26 Å². The molecule has 0 fully saturated rings. The molecule has 0 radical (unpaired) electrons. The Morgan fingerprint density at radius 1 is 0.867 bits per heavy atom. The lowest BCUT2D eigenvalue weighted by Gasteiger charge is -2.10. The van der Waals surface area contributed by atoms with Crippen molar-refractivity contribution >= 4 is 0 Å². The molecule has 0 saturated heterocycles. The molecule has 3 aromatic rings. The minimum atomic E-state index is -0.570. The maximum atomic E-state index is 15.1. The van der Waals surface area contributed by atoms with Gasteiger partial charge < -0.3 is 0 Å². The third kappa shape index (κ3) is 3.61. The second-order valence-corrected chi connectivity index (χ2v) is 7.84. The number of hydrogen-bond acceptors (Lipinski definition) is 1. The number of hydrogen-bond donors (Lipinski definition) is 0. The van der Waals surface area contributed by atoms with Crippen molar-refractivity contribution in [3.05, 3.63) is 82.2 Å². The number of nitriles is 1. The highest BCUT2D eigenvalue weighted by Gasteiger charge is 2.26. The SMILES string of the molecule is CCCCCCc1c(F)cc2c(c1F)Cc1cc(-c3ccc(C#N)c(F)c3)ccc1-2. The zero-order valence-electron chi connectivity index (χ0n) is 16.9. The van der Waals surface area contributed by atoms with Crippen LogP contribution in [0.5, 0.6) is 0 Å². The standard InChI is InChI=1S/C26H22F3N/c1-2-3-4-5-6-21-25(28)14-22-20-10-9-16(11-19(20)12-23(22)26(21)29)17-7-8-18(15-30)24(27)13-17/h7-11,13-14H,2-6,12H2,1H3. The van der Waals surface area contributed by atoms with E-state index in [0.29, 0.717) is 29.5 Å². The number of benzene rings is 3. The van der Waals surface area contributed by atoms with E-state index < -0.39 is 17.5 Å². The maximum absolute atomic E-state index is 15.1. The summed E-state index contributed by atoms with van der Waals surface area (Å²) >= 11 is 0. The van der Waals surface area contributed by atoms with Gasteiger partial charge in [0.05, 0.1) is 5.56 Å². The van der Waals surface area contributed by atoms with E-state index in [1.165, 1.54) is 18.2 Å². The molecular formula is C26H22F3N. The van der Waals surface area contributed by atoms with Crippen molar-refractivity contribution in [2.75, 3.05) is 0 Å². The van der Waals surface area contributed by atoms with Crippen LogP contribution in [0.3, 0.4) is 0 Å². The third-order valence-electron chi connectivity index (χ3n) is 5.88. The second-order valence-electron chi connectivity index (χ2n) is 7.84. The van der Waals surface area contributed by atoms with Gasteiger partial charge in [0.15, 0.2) is 0 Å². The third-order valence-corrected chi connectivity index (χ3v) is 5.88. The van der Waals surface area contributed by atoms with Gasteiger partial charge in [-0.3, -0.25) is 0 Å². The number of rotatable bonds is 6. The summed E-state index contributed by atoms with van der Waals surface area (Å²) < 4.78 is 43.8. The summed E-state index contributed by atoms with van der Waals surface area (Å²) in [7, 11) is 0. The van der Waals surface area contributed by atoms with Gasteiger partial charge in [0.2, 0.25) is 0 Å². The Bertz CT molecular complexity index is 1160. The van der Waals surface area contributed by atoms with E-state index >= 15 is 4.39 Å². The van der Waals surface area contributed by atoms with E-state index in [2.05, 4.69) is 6.92 Å². The largest absolute Gasteiger partial charge is 0.207 e. The molecule has 0 unspecified atom stereocenters. The highest BCUT2D eigenvalue weighted by Crippen LogP contribution is 2.41. The summed E-state index contributed by atoms with van der Waals surface area (Å²) in [6, 6.07) is 13.3. The van der Waals surface area contributed by atoms with Crippen LogP contribution in [0.2, 0.25) is 0 Å².